The van der Waals surface area contributed by atoms with Crippen LogP contribution < -0.4 is 5.32 Å². The number of ketones is 1. The highest BCUT2D eigenvalue weighted by molar-refractivity contribution is 6.37. The number of benzene rings is 2. The first kappa shape index (κ1) is 15.0. The van der Waals surface area contributed by atoms with Crippen molar-refractivity contribution in [3.8, 4) is 0 Å². The minimum atomic E-state index is -1.89. The Morgan fingerprint density at radius 3 is 2.64 bits per heavy atom. The van der Waals surface area contributed by atoms with Crippen molar-refractivity contribution < 1.29 is 14.7 Å². The van der Waals surface area contributed by atoms with E-state index in [1.165, 1.54) is 18.2 Å². The van der Waals surface area contributed by atoms with Gasteiger partial charge in [0.1, 0.15) is 0 Å². The van der Waals surface area contributed by atoms with E-state index in [2.05, 4.69) is 5.32 Å². The molecule has 0 saturated heterocycles. The van der Waals surface area contributed by atoms with Gasteiger partial charge in [-0.25, -0.2) is 0 Å². The summed E-state index contributed by atoms with van der Waals surface area (Å²) in [7, 11) is 0. The second kappa shape index (κ2) is 5.39. The molecule has 22 heavy (non-hydrogen) atoms. The Morgan fingerprint density at radius 2 is 1.91 bits per heavy atom. The molecular formula is C16H11Cl2NO3. The second-order valence-electron chi connectivity index (χ2n) is 5.08. The van der Waals surface area contributed by atoms with Crippen LogP contribution in [0.4, 0.5) is 5.69 Å². The van der Waals surface area contributed by atoms with Crippen LogP contribution in [0.5, 0.6) is 0 Å². The lowest BCUT2D eigenvalue weighted by Gasteiger charge is -2.20. The molecule has 4 nitrogen and oxygen atoms in total. The fourth-order valence-electron chi connectivity index (χ4n) is 2.52. The van der Waals surface area contributed by atoms with Gasteiger partial charge in [-0.1, -0.05) is 41.4 Å². The van der Waals surface area contributed by atoms with E-state index >= 15 is 0 Å². The molecule has 2 aromatic rings. The minimum absolute atomic E-state index is 0.188. The Bertz CT molecular complexity index is 791. The van der Waals surface area contributed by atoms with Crippen molar-refractivity contribution in [3.05, 3.63) is 63.6 Å². The Balaban J connectivity index is 1.95. The summed E-state index contributed by atoms with van der Waals surface area (Å²) in [6, 6.07) is 11.2. The van der Waals surface area contributed by atoms with Crippen molar-refractivity contribution in [2.75, 3.05) is 5.32 Å². The van der Waals surface area contributed by atoms with Crippen LogP contribution in [0, 0.1) is 0 Å². The van der Waals surface area contributed by atoms with E-state index in [1.54, 1.807) is 24.3 Å². The van der Waals surface area contributed by atoms with Gasteiger partial charge in [-0.05, 0) is 24.3 Å². The fourth-order valence-corrected chi connectivity index (χ4v) is 3.03. The SMILES string of the molecule is O=C(CC1(O)C(=O)Nc2ccccc21)c1ccc(Cl)cc1Cl. The Hall–Kier alpha value is -1.88. The molecule has 1 atom stereocenters. The van der Waals surface area contributed by atoms with E-state index in [0.717, 1.165) is 0 Å². The van der Waals surface area contributed by atoms with Crippen LogP contribution in [0.2, 0.25) is 10.0 Å². The zero-order valence-electron chi connectivity index (χ0n) is 11.3. The Morgan fingerprint density at radius 1 is 1.18 bits per heavy atom. The number of halogens is 2. The van der Waals surface area contributed by atoms with Crippen LogP contribution in [0.25, 0.3) is 0 Å². The number of amides is 1. The lowest BCUT2D eigenvalue weighted by Crippen LogP contribution is -2.36. The molecule has 0 spiro atoms. The molecule has 1 unspecified atom stereocenters. The van der Waals surface area contributed by atoms with Crippen LogP contribution >= 0.6 is 23.2 Å². The van der Waals surface area contributed by atoms with Crippen molar-refractivity contribution in [1.82, 2.24) is 0 Å². The number of Topliss-reactive ketones (excluding diaryl/α,β-unsaturated/α-hetero) is 1. The van der Waals surface area contributed by atoms with Crippen LogP contribution in [-0.2, 0) is 10.4 Å². The predicted octanol–water partition coefficient (Wildman–Crippen LogP) is 3.41. The zero-order chi connectivity index (χ0) is 15.9. The summed E-state index contributed by atoms with van der Waals surface area (Å²) >= 11 is 11.8. The first-order chi connectivity index (χ1) is 10.4. The summed E-state index contributed by atoms with van der Waals surface area (Å²) in [4.78, 5) is 24.5. The summed E-state index contributed by atoms with van der Waals surface area (Å²) in [5.41, 5.74) is -0.781. The van der Waals surface area contributed by atoms with Crippen LogP contribution in [0.3, 0.4) is 0 Å². The maximum Gasteiger partial charge on any atom is 0.261 e. The van der Waals surface area contributed by atoms with Gasteiger partial charge in [0, 0.05) is 21.8 Å². The number of carbonyl (C=O) groups is 2. The molecule has 112 valence electrons. The van der Waals surface area contributed by atoms with E-state index < -0.39 is 23.7 Å². The zero-order valence-corrected chi connectivity index (χ0v) is 12.8. The highest BCUT2D eigenvalue weighted by atomic mass is 35.5. The van der Waals surface area contributed by atoms with Crippen LogP contribution in [0.1, 0.15) is 22.3 Å². The normalized spacial score (nSPS) is 19.7. The van der Waals surface area contributed by atoms with Crippen molar-refractivity contribution in [1.29, 1.82) is 0 Å². The molecule has 1 aliphatic heterocycles. The molecule has 0 radical (unpaired) electrons. The van der Waals surface area contributed by atoms with Gasteiger partial charge in [0.05, 0.1) is 11.4 Å². The van der Waals surface area contributed by atoms with Gasteiger partial charge >= 0.3 is 0 Å². The average molecular weight is 336 g/mol. The molecule has 2 N–H and O–H groups in total. The molecule has 0 aromatic heterocycles. The number of hydrogen-bond donors (Lipinski definition) is 2. The van der Waals surface area contributed by atoms with Crippen molar-refractivity contribution in [2.24, 2.45) is 0 Å². The third-order valence-corrected chi connectivity index (χ3v) is 4.19. The third kappa shape index (κ3) is 2.39. The van der Waals surface area contributed by atoms with Crippen LogP contribution in [-0.4, -0.2) is 16.8 Å². The van der Waals surface area contributed by atoms with Gasteiger partial charge in [-0.15, -0.1) is 0 Å². The van der Waals surface area contributed by atoms with Gasteiger partial charge in [-0.3, -0.25) is 9.59 Å². The van der Waals surface area contributed by atoms with E-state index in [9.17, 15) is 14.7 Å². The molecule has 1 aliphatic rings. The molecule has 0 bridgehead atoms. The number of rotatable bonds is 3. The van der Waals surface area contributed by atoms with E-state index in [1.807, 2.05) is 0 Å². The first-order valence-corrected chi connectivity index (χ1v) is 7.29. The quantitative estimate of drug-likeness (QED) is 0.844. The number of nitrogens with one attached hydrogen (secondary N) is 1. The highest BCUT2D eigenvalue weighted by Gasteiger charge is 2.46. The lowest BCUT2D eigenvalue weighted by molar-refractivity contribution is -0.133. The summed E-state index contributed by atoms with van der Waals surface area (Å²) in [5, 5.41) is 13.9. The minimum Gasteiger partial charge on any atom is -0.375 e. The Labute approximate surface area is 136 Å². The van der Waals surface area contributed by atoms with Gasteiger partial charge in [0.25, 0.3) is 5.91 Å². The lowest BCUT2D eigenvalue weighted by atomic mass is 9.88. The topological polar surface area (TPSA) is 66.4 Å². The predicted molar refractivity (Wildman–Crippen MR) is 84.4 cm³/mol. The second-order valence-corrected chi connectivity index (χ2v) is 5.93. The monoisotopic (exact) mass is 335 g/mol. The van der Waals surface area contributed by atoms with Gasteiger partial charge in [0.15, 0.2) is 11.4 Å². The Kier molecular flexibility index (Phi) is 3.68. The molecule has 1 amide bonds. The number of aliphatic hydroxyl groups is 1. The maximum absolute atomic E-state index is 12.4. The summed E-state index contributed by atoms with van der Waals surface area (Å²) in [6.07, 6.45) is -0.392. The number of carbonyl (C=O) groups excluding carboxylic acids is 2. The van der Waals surface area contributed by atoms with E-state index in [4.69, 9.17) is 23.2 Å². The third-order valence-electron chi connectivity index (χ3n) is 3.64. The number of para-hydroxylation sites is 1. The molecule has 2 aromatic carbocycles. The molecule has 6 heteroatoms. The molecule has 0 saturated carbocycles. The molecule has 0 aliphatic carbocycles. The average Bonchev–Trinajstić information content (AvgIpc) is 2.70. The maximum atomic E-state index is 12.4. The van der Waals surface area contributed by atoms with Gasteiger partial charge < -0.3 is 10.4 Å². The summed E-state index contributed by atoms with van der Waals surface area (Å²) in [6.45, 7) is 0. The fraction of sp³-hybridized carbons (Fsp3) is 0.125. The number of fused-ring (bicyclic) bond motifs is 1. The smallest absolute Gasteiger partial charge is 0.261 e. The molecule has 0 fully saturated rings. The summed E-state index contributed by atoms with van der Waals surface area (Å²) in [5.74, 6) is -1.05. The van der Waals surface area contributed by atoms with Crippen molar-refractivity contribution in [3.63, 3.8) is 0 Å². The standard InChI is InChI=1S/C16H11Cl2NO3/c17-9-5-6-10(12(18)7-9)14(20)8-16(22)11-3-1-2-4-13(11)19-15(16)21/h1-7,22H,8H2,(H,19,21). The first-order valence-electron chi connectivity index (χ1n) is 6.53. The number of hydrogen-bond acceptors (Lipinski definition) is 3. The molecule has 1 heterocycles. The molecular weight excluding hydrogens is 325 g/mol. The molecule has 3 rings (SSSR count). The van der Waals surface area contributed by atoms with Crippen molar-refractivity contribution >= 4 is 40.6 Å². The van der Waals surface area contributed by atoms with E-state index in [-0.39, 0.29) is 10.6 Å². The highest BCUT2D eigenvalue weighted by Crippen LogP contribution is 2.39. The van der Waals surface area contributed by atoms with Crippen molar-refractivity contribution in [2.45, 2.75) is 12.0 Å². The van der Waals surface area contributed by atoms with Gasteiger partial charge in [-0.2, -0.15) is 0 Å². The summed E-state index contributed by atoms with van der Waals surface area (Å²) < 4.78 is 0. The van der Waals surface area contributed by atoms with E-state index in [0.29, 0.717) is 16.3 Å². The number of anilines is 1. The van der Waals surface area contributed by atoms with Crippen LogP contribution in [0.15, 0.2) is 42.5 Å². The van der Waals surface area contributed by atoms with Gasteiger partial charge in [0.2, 0.25) is 0 Å². The largest absolute Gasteiger partial charge is 0.375 e.